The highest BCUT2D eigenvalue weighted by Gasteiger charge is 2.32. The molecule has 22 heavy (non-hydrogen) atoms. The van der Waals surface area contributed by atoms with Gasteiger partial charge < -0.3 is 5.11 Å². The number of benzene rings is 1. The smallest absolute Gasteiger partial charge is 0.416 e. The fraction of sp³-hybridized carbons (Fsp3) is 0.357. The van der Waals surface area contributed by atoms with E-state index in [2.05, 4.69) is 10.2 Å². The number of halogens is 3. The van der Waals surface area contributed by atoms with Crippen LogP contribution in [0.1, 0.15) is 35.2 Å². The molecule has 2 rings (SSSR count). The van der Waals surface area contributed by atoms with Crippen LogP contribution >= 0.6 is 0 Å². The molecule has 0 amide bonds. The number of aliphatic carboxylic acids is 1. The molecular weight excluding hydrogens is 299 g/mol. The third-order valence-electron chi connectivity index (χ3n) is 3.27. The zero-order chi connectivity index (χ0) is 16.5. The molecule has 0 bridgehead atoms. The fourth-order valence-corrected chi connectivity index (χ4v) is 2.09. The van der Waals surface area contributed by atoms with Crippen LogP contribution in [-0.4, -0.2) is 26.1 Å². The van der Waals surface area contributed by atoms with E-state index in [1.807, 2.05) is 0 Å². The van der Waals surface area contributed by atoms with E-state index in [0.717, 1.165) is 12.1 Å². The highest BCUT2D eigenvalue weighted by atomic mass is 19.4. The van der Waals surface area contributed by atoms with E-state index in [0.29, 0.717) is 11.3 Å². The van der Waals surface area contributed by atoms with Gasteiger partial charge in [0.2, 0.25) is 0 Å². The molecule has 0 aliphatic carbocycles. The van der Waals surface area contributed by atoms with Crippen molar-refractivity contribution in [1.82, 2.24) is 15.0 Å². The molecule has 0 aliphatic heterocycles. The molecule has 0 saturated carbocycles. The number of nitrogens with zero attached hydrogens (tertiary/aromatic N) is 3. The second-order valence-corrected chi connectivity index (χ2v) is 4.99. The number of carboxylic acids is 1. The average Bonchev–Trinajstić information content (AvgIpc) is 2.82. The largest absolute Gasteiger partial charge is 0.481 e. The minimum atomic E-state index is -4.49. The molecule has 1 unspecified atom stereocenters. The molecular formula is C14H14F3N3O2. The maximum atomic E-state index is 12.8. The van der Waals surface area contributed by atoms with Gasteiger partial charge in [-0.3, -0.25) is 4.79 Å². The lowest BCUT2D eigenvalue weighted by Gasteiger charge is -2.16. The van der Waals surface area contributed by atoms with Crippen LogP contribution in [0.4, 0.5) is 13.2 Å². The quantitative estimate of drug-likeness (QED) is 0.942. The minimum Gasteiger partial charge on any atom is -0.481 e. The Morgan fingerprint density at radius 2 is 2.09 bits per heavy atom. The Kier molecular flexibility index (Phi) is 4.20. The van der Waals surface area contributed by atoms with E-state index in [1.54, 1.807) is 6.92 Å². The first kappa shape index (κ1) is 16.0. The van der Waals surface area contributed by atoms with Gasteiger partial charge in [0.1, 0.15) is 0 Å². The molecule has 1 aromatic heterocycles. The Morgan fingerprint density at radius 1 is 1.41 bits per heavy atom. The Morgan fingerprint density at radius 3 is 2.59 bits per heavy atom. The van der Waals surface area contributed by atoms with Crippen molar-refractivity contribution in [2.75, 3.05) is 0 Å². The van der Waals surface area contributed by atoms with Crippen LogP contribution in [0.3, 0.4) is 0 Å². The van der Waals surface area contributed by atoms with Crippen LogP contribution in [0.15, 0.2) is 24.4 Å². The summed E-state index contributed by atoms with van der Waals surface area (Å²) in [5, 5.41) is 17.0. The molecule has 0 fully saturated rings. The van der Waals surface area contributed by atoms with Crippen molar-refractivity contribution in [3.05, 3.63) is 46.8 Å². The van der Waals surface area contributed by atoms with Crippen LogP contribution in [-0.2, 0) is 17.5 Å². The average molecular weight is 313 g/mol. The number of hydrogen-bond acceptors (Lipinski definition) is 3. The van der Waals surface area contributed by atoms with Gasteiger partial charge in [0.15, 0.2) is 0 Å². The van der Waals surface area contributed by atoms with E-state index in [9.17, 15) is 18.0 Å². The van der Waals surface area contributed by atoms with Gasteiger partial charge >= 0.3 is 12.1 Å². The Balaban J connectivity index is 2.47. The molecule has 5 nitrogen and oxygen atoms in total. The van der Waals surface area contributed by atoms with Crippen molar-refractivity contribution in [2.24, 2.45) is 0 Å². The summed E-state index contributed by atoms with van der Waals surface area (Å²) in [7, 11) is 0. The monoisotopic (exact) mass is 313 g/mol. The summed E-state index contributed by atoms with van der Waals surface area (Å²) in [4.78, 5) is 12.4. The predicted molar refractivity (Wildman–Crippen MR) is 71.4 cm³/mol. The number of carbonyl (C=O) groups is 1. The molecule has 1 atom stereocenters. The SMILES string of the molecule is Cc1cnn(Cc2cc(C(F)(F)F)ccc2C(C)C(=O)O)n1. The van der Waals surface area contributed by atoms with Crippen LogP contribution in [0, 0.1) is 6.92 Å². The van der Waals surface area contributed by atoms with Gasteiger partial charge in [-0.15, -0.1) is 0 Å². The van der Waals surface area contributed by atoms with Gasteiger partial charge in [0.25, 0.3) is 0 Å². The summed E-state index contributed by atoms with van der Waals surface area (Å²) in [6.07, 6.45) is -3.01. The molecule has 0 spiro atoms. The lowest BCUT2D eigenvalue weighted by Crippen LogP contribution is -2.15. The molecule has 1 N–H and O–H groups in total. The van der Waals surface area contributed by atoms with Crippen molar-refractivity contribution in [3.63, 3.8) is 0 Å². The molecule has 0 saturated heterocycles. The number of alkyl halides is 3. The van der Waals surface area contributed by atoms with Crippen LogP contribution in [0.25, 0.3) is 0 Å². The molecule has 1 heterocycles. The fourth-order valence-electron chi connectivity index (χ4n) is 2.09. The van der Waals surface area contributed by atoms with Crippen molar-refractivity contribution in [2.45, 2.75) is 32.5 Å². The second kappa shape index (κ2) is 5.78. The van der Waals surface area contributed by atoms with Crippen LogP contribution in [0.2, 0.25) is 0 Å². The summed E-state index contributed by atoms with van der Waals surface area (Å²) in [6, 6.07) is 3.04. The lowest BCUT2D eigenvalue weighted by molar-refractivity contribution is -0.138. The maximum Gasteiger partial charge on any atom is 0.416 e. The van der Waals surface area contributed by atoms with Crippen LogP contribution < -0.4 is 0 Å². The number of hydrogen-bond donors (Lipinski definition) is 1. The van der Waals surface area contributed by atoms with Gasteiger partial charge in [0, 0.05) is 0 Å². The highest BCUT2D eigenvalue weighted by Crippen LogP contribution is 2.32. The third kappa shape index (κ3) is 3.44. The van der Waals surface area contributed by atoms with E-state index in [-0.39, 0.29) is 12.1 Å². The summed E-state index contributed by atoms with van der Waals surface area (Å²) >= 11 is 0. The van der Waals surface area contributed by atoms with Crippen LogP contribution in [0.5, 0.6) is 0 Å². The van der Waals surface area contributed by atoms with Gasteiger partial charge in [-0.25, -0.2) is 0 Å². The van der Waals surface area contributed by atoms with Crippen molar-refractivity contribution in [1.29, 1.82) is 0 Å². The lowest BCUT2D eigenvalue weighted by atomic mass is 9.94. The zero-order valence-corrected chi connectivity index (χ0v) is 11.9. The first-order valence-corrected chi connectivity index (χ1v) is 6.48. The van der Waals surface area contributed by atoms with E-state index in [4.69, 9.17) is 5.11 Å². The minimum absolute atomic E-state index is 0.0231. The molecule has 0 radical (unpaired) electrons. The molecule has 1 aromatic carbocycles. The number of aryl methyl sites for hydroxylation is 1. The van der Waals surface area contributed by atoms with Gasteiger partial charge in [-0.1, -0.05) is 6.07 Å². The summed E-state index contributed by atoms with van der Waals surface area (Å²) in [5.74, 6) is -2.03. The van der Waals surface area contributed by atoms with E-state index < -0.39 is 23.6 Å². The molecule has 118 valence electrons. The summed E-state index contributed by atoms with van der Waals surface area (Å²) in [6.45, 7) is 3.11. The first-order valence-electron chi connectivity index (χ1n) is 6.48. The van der Waals surface area contributed by atoms with Gasteiger partial charge in [0.05, 0.1) is 29.9 Å². The summed E-state index contributed by atoms with van der Waals surface area (Å²) < 4.78 is 38.5. The number of rotatable bonds is 4. The number of carboxylic acid groups (broad SMARTS) is 1. The standard InChI is InChI=1S/C14H14F3N3O2/c1-8-6-18-20(19-8)7-10-5-11(14(15,16)17)3-4-12(10)9(2)13(21)22/h3-6,9H,7H2,1-2H3,(H,21,22). The molecule has 8 heteroatoms. The first-order chi connectivity index (χ1) is 10.2. The van der Waals surface area contributed by atoms with Crippen molar-refractivity contribution >= 4 is 5.97 Å². The Hall–Kier alpha value is -2.38. The van der Waals surface area contributed by atoms with E-state index >= 15 is 0 Å². The topological polar surface area (TPSA) is 68.0 Å². The number of aromatic nitrogens is 3. The Bertz CT molecular complexity index is 695. The Labute approximate surface area is 124 Å². The van der Waals surface area contributed by atoms with Crippen molar-refractivity contribution in [3.8, 4) is 0 Å². The predicted octanol–water partition coefficient (Wildman–Crippen LogP) is 2.84. The van der Waals surface area contributed by atoms with Gasteiger partial charge in [-0.2, -0.15) is 28.2 Å². The second-order valence-electron chi connectivity index (χ2n) is 4.99. The molecule has 2 aromatic rings. The zero-order valence-electron chi connectivity index (χ0n) is 11.9. The normalized spacial score (nSPS) is 13.1. The maximum absolute atomic E-state index is 12.8. The summed E-state index contributed by atoms with van der Waals surface area (Å²) in [5.41, 5.74) is 0.350. The van der Waals surface area contributed by atoms with Crippen molar-refractivity contribution < 1.29 is 23.1 Å². The third-order valence-corrected chi connectivity index (χ3v) is 3.27. The van der Waals surface area contributed by atoms with Gasteiger partial charge in [-0.05, 0) is 37.1 Å². The van der Waals surface area contributed by atoms with E-state index in [1.165, 1.54) is 24.0 Å². The molecule has 0 aliphatic rings. The highest BCUT2D eigenvalue weighted by molar-refractivity contribution is 5.76.